The number of hydrogen-bond acceptors (Lipinski definition) is 4. The van der Waals surface area contributed by atoms with Gasteiger partial charge in [-0.15, -0.1) is 0 Å². The maximum Gasteiger partial charge on any atom is 0.328 e. The summed E-state index contributed by atoms with van der Waals surface area (Å²) in [6.07, 6.45) is 1.63. The molecule has 0 aromatic carbocycles. The summed E-state index contributed by atoms with van der Waals surface area (Å²) in [6.45, 7) is 1.68. The molecule has 14 heavy (non-hydrogen) atoms. The fourth-order valence-corrected chi connectivity index (χ4v) is 0.740. The second-order valence-corrected chi connectivity index (χ2v) is 2.48. The van der Waals surface area contributed by atoms with Crippen molar-refractivity contribution in [2.45, 2.75) is 6.92 Å². The Balaban J connectivity index is 2.53. The van der Waals surface area contributed by atoms with Gasteiger partial charge in [-0.2, -0.15) is 0 Å². The first-order chi connectivity index (χ1) is 6.58. The Morgan fingerprint density at radius 3 is 2.79 bits per heavy atom. The molecule has 0 atom stereocenters. The molecule has 1 heterocycles. The average Bonchev–Trinajstić information content (AvgIpc) is 2.48. The number of aryl methyl sites for hydroxylation is 1. The number of carboxylic acid groups (broad SMARTS) is 1. The van der Waals surface area contributed by atoms with Crippen molar-refractivity contribution in [3.63, 3.8) is 0 Å². The summed E-state index contributed by atoms with van der Waals surface area (Å²) in [5, 5.41) is 14.1. The fourth-order valence-electron chi connectivity index (χ4n) is 0.740. The Bertz CT molecular complexity index is 380. The number of carbonyl (C=O) groups is 2. The van der Waals surface area contributed by atoms with Crippen LogP contribution >= 0.6 is 0 Å². The Morgan fingerprint density at radius 1 is 1.57 bits per heavy atom. The first-order valence-electron chi connectivity index (χ1n) is 3.73. The zero-order valence-corrected chi connectivity index (χ0v) is 7.35. The van der Waals surface area contributed by atoms with Crippen molar-refractivity contribution in [2.75, 3.05) is 5.32 Å². The van der Waals surface area contributed by atoms with E-state index < -0.39 is 11.9 Å². The molecule has 0 aliphatic rings. The lowest BCUT2D eigenvalue weighted by Gasteiger charge is -1.92. The van der Waals surface area contributed by atoms with Crippen LogP contribution in [0.3, 0.4) is 0 Å². The van der Waals surface area contributed by atoms with E-state index in [9.17, 15) is 9.59 Å². The number of aliphatic carboxylic acids is 1. The number of rotatable bonds is 3. The number of anilines is 1. The van der Waals surface area contributed by atoms with Gasteiger partial charge in [-0.05, 0) is 6.92 Å². The van der Waals surface area contributed by atoms with E-state index in [1.54, 1.807) is 6.92 Å². The third-order valence-corrected chi connectivity index (χ3v) is 1.26. The van der Waals surface area contributed by atoms with Gasteiger partial charge in [0.15, 0.2) is 5.82 Å². The van der Waals surface area contributed by atoms with Gasteiger partial charge in [0.05, 0.1) is 0 Å². The van der Waals surface area contributed by atoms with Crippen molar-refractivity contribution < 1.29 is 19.2 Å². The molecule has 0 bridgehead atoms. The van der Waals surface area contributed by atoms with Gasteiger partial charge in [0.1, 0.15) is 5.76 Å². The predicted octanol–water partition coefficient (Wildman–Crippen LogP) is 0.562. The van der Waals surface area contributed by atoms with Gasteiger partial charge in [0.25, 0.3) is 0 Å². The summed E-state index contributed by atoms with van der Waals surface area (Å²) < 4.78 is 4.69. The largest absolute Gasteiger partial charge is 0.478 e. The lowest BCUT2D eigenvalue weighted by atomic mass is 10.4. The molecule has 0 radical (unpaired) electrons. The van der Waals surface area contributed by atoms with Crippen LogP contribution in [0, 0.1) is 6.92 Å². The molecule has 0 unspecified atom stereocenters. The zero-order chi connectivity index (χ0) is 10.6. The fraction of sp³-hybridized carbons (Fsp3) is 0.125. The van der Waals surface area contributed by atoms with Crippen LogP contribution in [0.2, 0.25) is 0 Å². The van der Waals surface area contributed by atoms with Crippen LogP contribution in [-0.2, 0) is 9.59 Å². The number of carboxylic acids is 1. The second kappa shape index (κ2) is 4.22. The number of nitrogens with one attached hydrogen (secondary N) is 1. The zero-order valence-electron chi connectivity index (χ0n) is 7.35. The summed E-state index contributed by atoms with van der Waals surface area (Å²) in [5.41, 5.74) is 0. The third-order valence-electron chi connectivity index (χ3n) is 1.26. The molecule has 0 spiro atoms. The molecule has 1 rings (SSSR count). The van der Waals surface area contributed by atoms with Crippen LogP contribution in [0.15, 0.2) is 22.7 Å². The Kier molecular flexibility index (Phi) is 3.01. The number of aromatic nitrogens is 1. The third kappa shape index (κ3) is 3.10. The Morgan fingerprint density at radius 2 is 2.29 bits per heavy atom. The van der Waals surface area contributed by atoms with Crippen LogP contribution in [-0.4, -0.2) is 22.1 Å². The van der Waals surface area contributed by atoms with E-state index in [4.69, 9.17) is 5.11 Å². The predicted molar refractivity (Wildman–Crippen MR) is 46.6 cm³/mol. The first-order valence-corrected chi connectivity index (χ1v) is 3.73. The molecule has 1 amide bonds. The van der Waals surface area contributed by atoms with Crippen molar-refractivity contribution >= 4 is 17.7 Å². The van der Waals surface area contributed by atoms with E-state index >= 15 is 0 Å². The van der Waals surface area contributed by atoms with E-state index in [1.165, 1.54) is 6.07 Å². The molecular weight excluding hydrogens is 188 g/mol. The second-order valence-electron chi connectivity index (χ2n) is 2.48. The normalized spacial score (nSPS) is 10.4. The summed E-state index contributed by atoms with van der Waals surface area (Å²) in [7, 11) is 0. The molecule has 2 N–H and O–H groups in total. The standard InChI is InChI=1S/C8H8N2O4/c1-5-4-6(10-14-5)9-7(11)2-3-8(12)13/h2-4H,1H3,(H,12,13)(H,9,10,11)/b3-2-. The number of amides is 1. The highest BCUT2D eigenvalue weighted by Gasteiger charge is 2.02. The highest BCUT2D eigenvalue weighted by atomic mass is 16.5. The first kappa shape index (κ1) is 9.97. The minimum atomic E-state index is -1.18. The Labute approximate surface area is 79.2 Å². The highest BCUT2D eigenvalue weighted by molar-refractivity contribution is 6.01. The maximum absolute atomic E-state index is 11.0. The number of carbonyl (C=O) groups excluding carboxylic acids is 1. The lowest BCUT2D eigenvalue weighted by Crippen LogP contribution is -2.08. The van der Waals surface area contributed by atoms with E-state index in [-0.39, 0.29) is 5.82 Å². The van der Waals surface area contributed by atoms with Gasteiger partial charge in [0.2, 0.25) is 5.91 Å². The number of hydrogen-bond donors (Lipinski definition) is 2. The van der Waals surface area contributed by atoms with Crippen molar-refractivity contribution in [3.8, 4) is 0 Å². The van der Waals surface area contributed by atoms with E-state index in [0.29, 0.717) is 5.76 Å². The van der Waals surface area contributed by atoms with Crippen LogP contribution in [0.4, 0.5) is 5.82 Å². The van der Waals surface area contributed by atoms with E-state index in [2.05, 4.69) is 15.0 Å². The molecule has 6 nitrogen and oxygen atoms in total. The highest BCUT2D eigenvalue weighted by Crippen LogP contribution is 2.06. The van der Waals surface area contributed by atoms with Crippen LogP contribution in [0.5, 0.6) is 0 Å². The molecule has 0 aliphatic heterocycles. The molecule has 0 saturated carbocycles. The van der Waals surface area contributed by atoms with Gasteiger partial charge in [-0.25, -0.2) is 4.79 Å². The monoisotopic (exact) mass is 196 g/mol. The van der Waals surface area contributed by atoms with Crippen molar-refractivity contribution in [1.29, 1.82) is 0 Å². The molecule has 1 aromatic rings. The van der Waals surface area contributed by atoms with Gasteiger partial charge >= 0.3 is 5.97 Å². The molecule has 0 fully saturated rings. The van der Waals surface area contributed by atoms with Crippen LogP contribution in [0.1, 0.15) is 5.76 Å². The molecule has 0 saturated heterocycles. The van der Waals surface area contributed by atoms with E-state index in [0.717, 1.165) is 12.2 Å². The molecular formula is C8H8N2O4. The van der Waals surface area contributed by atoms with Gasteiger partial charge < -0.3 is 14.9 Å². The topological polar surface area (TPSA) is 92.4 Å². The van der Waals surface area contributed by atoms with Gasteiger partial charge in [0, 0.05) is 18.2 Å². The smallest absolute Gasteiger partial charge is 0.328 e. The summed E-state index contributed by atoms with van der Waals surface area (Å²) in [6, 6.07) is 1.52. The lowest BCUT2D eigenvalue weighted by molar-refractivity contribution is -0.131. The van der Waals surface area contributed by atoms with Crippen molar-refractivity contribution in [2.24, 2.45) is 0 Å². The summed E-state index contributed by atoms with van der Waals surface area (Å²) in [4.78, 5) is 21.0. The molecule has 1 aromatic heterocycles. The molecule has 0 aliphatic carbocycles. The summed E-state index contributed by atoms with van der Waals surface area (Å²) >= 11 is 0. The number of nitrogens with zero attached hydrogens (tertiary/aromatic N) is 1. The average molecular weight is 196 g/mol. The van der Waals surface area contributed by atoms with Crippen molar-refractivity contribution in [3.05, 3.63) is 24.0 Å². The maximum atomic E-state index is 11.0. The van der Waals surface area contributed by atoms with Crippen molar-refractivity contribution in [1.82, 2.24) is 5.16 Å². The Hall–Kier alpha value is -2.11. The van der Waals surface area contributed by atoms with Gasteiger partial charge in [-0.1, -0.05) is 5.16 Å². The van der Waals surface area contributed by atoms with Crippen LogP contribution < -0.4 is 5.32 Å². The minimum Gasteiger partial charge on any atom is -0.478 e. The SMILES string of the molecule is Cc1cc(NC(=O)/C=C\C(=O)O)no1. The van der Waals surface area contributed by atoms with Crippen LogP contribution in [0.25, 0.3) is 0 Å². The quantitative estimate of drug-likeness (QED) is 0.689. The van der Waals surface area contributed by atoms with E-state index in [1.807, 2.05) is 0 Å². The summed E-state index contributed by atoms with van der Waals surface area (Å²) in [5.74, 6) is -0.942. The molecule has 6 heteroatoms. The minimum absolute atomic E-state index is 0.252. The molecule has 74 valence electrons. The van der Waals surface area contributed by atoms with Gasteiger partial charge in [-0.3, -0.25) is 4.79 Å².